The molecule has 0 amide bonds. The van der Waals surface area contributed by atoms with Crippen molar-refractivity contribution in [1.82, 2.24) is 19.9 Å². The summed E-state index contributed by atoms with van der Waals surface area (Å²) in [4.78, 5) is 3.26. The lowest BCUT2D eigenvalue weighted by Crippen LogP contribution is -2.01. The molecule has 0 unspecified atom stereocenters. The van der Waals surface area contributed by atoms with E-state index in [4.69, 9.17) is 12.2 Å². The van der Waals surface area contributed by atoms with E-state index < -0.39 is 0 Å². The van der Waals surface area contributed by atoms with Crippen molar-refractivity contribution in [3.63, 3.8) is 0 Å². The first kappa shape index (κ1) is 16.6. The number of aromatic nitrogens is 4. The molecule has 0 aliphatic rings. The summed E-state index contributed by atoms with van der Waals surface area (Å²) < 4.78 is 2.17. The number of H-pyrrole nitrogens is 2. The predicted octanol–water partition coefficient (Wildman–Crippen LogP) is 5.05. The summed E-state index contributed by atoms with van der Waals surface area (Å²) >= 11 is 5.40. The molecule has 0 aliphatic heterocycles. The smallest absolute Gasteiger partial charge is 0.216 e. The van der Waals surface area contributed by atoms with E-state index in [2.05, 4.69) is 62.7 Å². The van der Waals surface area contributed by atoms with Crippen LogP contribution in [0.2, 0.25) is 0 Å². The highest BCUT2D eigenvalue weighted by Gasteiger charge is 2.09. The van der Waals surface area contributed by atoms with Crippen molar-refractivity contribution in [2.24, 2.45) is 5.10 Å². The summed E-state index contributed by atoms with van der Waals surface area (Å²) in [5.74, 6) is 0.775. The van der Waals surface area contributed by atoms with Gasteiger partial charge < -0.3 is 4.98 Å². The van der Waals surface area contributed by atoms with Crippen molar-refractivity contribution < 1.29 is 0 Å². The third kappa shape index (κ3) is 2.93. The summed E-state index contributed by atoms with van der Waals surface area (Å²) in [7, 11) is 0. The Balaban J connectivity index is 1.52. The summed E-state index contributed by atoms with van der Waals surface area (Å²) in [6.07, 6.45) is 4.40. The zero-order valence-electron chi connectivity index (χ0n) is 15.0. The molecule has 2 aromatic heterocycles. The average Bonchev–Trinajstić information content (AvgIpc) is 3.30. The summed E-state index contributed by atoms with van der Waals surface area (Å²) in [6, 6.07) is 22.8. The first-order valence-electron chi connectivity index (χ1n) is 9.03. The van der Waals surface area contributed by atoms with Crippen LogP contribution in [0, 0.1) is 4.77 Å². The Hall–Kier alpha value is -3.51. The first-order chi connectivity index (χ1) is 13.8. The molecule has 0 fully saturated rings. The average molecular weight is 383 g/mol. The second kappa shape index (κ2) is 6.90. The Kier molecular flexibility index (Phi) is 4.10. The lowest BCUT2D eigenvalue weighted by molar-refractivity contribution is 0.793. The standard InChI is InChI=1S/C22H17N5S/c28-22-26-25-21(12-16-8-5-7-15-6-1-2-9-18(15)16)27(22)24-14-17-13-23-20-11-4-3-10-19(17)20/h1-11,13-14,23H,12H2,(H,26,28)/b24-14+. The fraction of sp³-hybridized carbons (Fsp3) is 0.0455. The summed E-state index contributed by atoms with van der Waals surface area (Å²) in [6.45, 7) is 0. The second-order valence-electron chi connectivity index (χ2n) is 6.61. The van der Waals surface area contributed by atoms with Gasteiger partial charge in [-0.3, -0.25) is 5.10 Å². The first-order valence-corrected chi connectivity index (χ1v) is 9.44. The molecule has 5 rings (SSSR count). The maximum absolute atomic E-state index is 5.40. The fourth-order valence-corrected chi connectivity index (χ4v) is 3.69. The van der Waals surface area contributed by atoms with E-state index in [1.165, 1.54) is 16.3 Å². The van der Waals surface area contributed by atoms with Gasteiger partial charge in [0.15, 0.2) is 5.82 Å². The molecule has 136 valence electrons. The Morgan fingerprint density at radius 3 is 2.68 bits per heavy atom. The highest BCUT2D eigenvalue weighted by molar-refractivity contribution is 7.71. The largest absolute Gasteiger partial charge is 0.361 e. The molecule has 0 radical (unpaired) electrons. The van der Waals surface area contributed by atoms with Gasteiger partial charge >= 0.3 is 0 Å². The molecule has 0 saturated carbocycles. The normalized spacial score (nSPS) is 11.7. The highest BCUT2D eigenvalue weighted by Crippen LogP contribution is 2.21. The van der Waals surface area contributed by atoms with Crippen LogP contribution in [0.1, 0.15) is 17.0 Å². The lowest BCUT2D eigenvalue weighted by Gasteiger charge is -2.06. The number of nitrogens with zero attached hydrogens (tertiary/aromatic N) is 3. The van der Waals surface area contributed by atoms with Crippen LogP contribution in [0.3, 0.4) is 0 Å². The Bertz CT molecular complexity index is 1370. The van der Waals surface area contributed by atoms with Crippen LogP contribution < -0.4 is 0 Å². The van der Waals surface area contributed by atoms with Crippen LogP contribution >= 0.6 is 12.2 Å². The molecular weight excluding hydrogens is 366 g/mol. The zero-order valence-corrected chi connectivity index (χ0v) is 15.8. The van der Waals surface area contributed by atoms with Crippen molar-refractivity contribution in [3.05, 3.63) is 94.6 Å². The molecule has 5 nitrogen and oxygen atoms in total. The van der Waals surface area contributed by atoms with Crippen molar-refractivity contribution in [2.45, 2.75) is 6.42 Å². The van der Waals surface area contributed by atoms with E-state index in [9.17, 15) is 0 Å². The maximum atomic E-state index is 5.40. The Morgan fingerprint density at radius 1 is 0.964 bits per heavy atom. The zero-order chi connectivity index (χ0) is 18.9. The third-order valence-corrected chi connectivity index (χ3v) is 5.14. The minimum atomic E-state index is 0.478. The number of para-hydroxylation sites is 1. The quantitative estimate of drug-likeness (QED) is 0.337. The molecule has 0 atom stereocenters. The number of fused-ring (bicyclic) bond motifs is 2. The van der Waals surface area contributed by atoms with Crippen LogP contribution in [-0.2, 0) is 6.42 Å². The van der Waals surface area contributed by atoms with E-state index in [1.807, 2.05) is 36.7 Å². The third-order valence-electron chi connectivity index (χ3n) is 4.88. The number of hydrogen-bond acceptors (Lipinski definition) is 3. The van der Waals surface area contributed by atoms with Gasteiger partial charge in [0, 0.05) is 29.1 Å². The van der Waals surface area contributed by atoms with Gasteiger partial charge in [-0.15, -0.1) is 0 Å². The maximum Gasteiger partial charge on any atom is 0.216 e. The molecule has 6 heteroatoms. The Labute approximate surface area is 166 Å². The molecule has 3 aromatic carbocycles. The molecular formula is C22H17N5S. The highest BCUT2D eigenvalue weighted by atomic mass is 32.1. The SMILES string of the molecule is S=c1[nH]nc(Cc2cccc3ccccc23)n1/N=C/c1c[nH]c2ccccc12. The van der Waals surface area contributed by atoms with E-state index >= 15 is 0 Å². The van der Waals surface area contributed by atoms with E-state index in [1.54, 1.807) is 4.68 Å². The van der Waals surface area contributed by atoms with Crippen LogP contribution in [0.15, 0.2) is 78.0 Å². The van der Waals surface area contributed by atoms with Gasteiger partial charge in [-0.25, -0.2) is 0 Å². The van der Waals surface area contributed by atoms with Crippen molar-refractivity contribution >= 4 is 40.1 Å². The van der Waals surface area contributed by atoms with E-state index in [0.29, 0.717) is 11.2 Å². The second-order valence-corrected chi connectivity index (χ2v) is 6.99. The topological polar surface area (TPSA) is 61.8 Å². The van der Waals surface area contributed by atoms with Gasteiger partial charge in [-0.2, -0.15) is 14.9 Å². The van der Waals surface area contributed by atoms with Crippen LogP contribution in [-0.4, -0.2) is 26.1 Å². The van der Waals surface area contributed by atoms with Crippen molar-refractivity contribution in [3.8, 4) is 0 Å². The summed E-state index contributed by atoms with van der Waals surface area (Å²) in [5, 5.41) is 15.4. The van der Waals surface area contributed by atoms with Gasteiger partial charge in [0.2, 0.25) is 4.77 Å². The van der Waals surface area contributed by atoms with Crippen LogP contribution in [0.5, 0.6) is 0 Å². The minimum absolute atomic E-state index is 0.478. The molecule has 28 heavy (non-hydrogen) atoms. The van der Waals surface area contributed by atoms with Crippen LogP contribution in [0.4, 0.5) is 0 Å². The molecule has 0 spiro atoms. The number of hydrogen-bond donors (Lipinski definition) is 2. The monoisotopic (exact) mass is 383 g/mol. The molecule has 2 N–H and O–H groups in total. The molecule has 5 aromatic rings. The molecule has 2 heterocycles. The van der Waals surface area contributed by atoms with E-state index in [0.717, 1.165) is 22.3 Å². The van der Waals surface area contributed by atoms with Crippen molar-refractivity contribution in [2.75, 3.05) is 0 Å². The van der Waals surface area contributed by atoms with Gasteiger partial charge in [0.05, 0.1) is 6.21 Å². The van der Waals surface area contributed by atoms with Gasteiger partial charge in [0.1, 0.15) is 0 Å². The molecule has 0 bridgehead atoms. The molecule has 0 saturated heterocycles. The lowest BCUT2D eigenvalue weighted by atomic mass is 10.0. The predicted molar refractivity (Wildman–Crippen MR) is 115 cm³/mol. The molecule has 0 aliphatic carbocycles. The summed E-state index contributed by atoms with van der Waals surface area (Å²) in [5.41, 5.74) is 3.28. The minimum Gasteiger partial charge on any atom is -0.361 e. The van der Waals surface area contributed by atoms with Gasteiger partial charge in [0.25, 0.3) is 0 Å². The van der Waals surface area contributed by atoms with Crippen molar-refractivity contribution in [1.29, 1.82) is 0 Å². The number of rotatable bonds is 4. The van der Waals surface area contributed by atoms with Crippen LogP contribution in [0.25, 0.3) is 21.7 Å². The fourth-order valence-electron chi connectivity index (χ4n) is 3.50. The van der Waals surface area contributed by atoms with Gasteiger partial charge in [-0.05, 0) is 34.6 Å². The number of aromatic amines is 2. The van der Waals surface area contributed by atoms with E-state index in [-0.39, 0.29) is 0 Å². The van der Waals surface area contributed by atoms with Gasteiger partial charge in [-0.1, -0.05) is 60.7 Å². The number of benzene rings is 3. The Morgan fingerprint density at radius 2 is 1.75 bits per heavy atom. The number of nitrogens with one attached hydrogen (secondary N) is 2.